The number of hydrogen-bond donors (Lipinski definition) is 3. The summed E-state index contributed by atoms with van der Waals surface area (Å²) in [5.41, 5.74) is 3.34. The fourth-order valence-electron chi connectivity index (χ4n) is 4.65. The lowest BCUT2D eigenvalue weighted by molar-refractivity contribution is -0.253. The third kappa shape index (κ3) is 8.34. The largest absolute Gasteiger partial charge is 0.481 e. The molecule has 2 heterocycles. The molecule has 0 aliphatic carbocycles. The Morgan fingerprint density at radius 1 is 0.973 bits per heavy atom. The number of unbranched alkanes of at least 4 members (excludes halogenated alkanes) is 1. The van der Waals surface area contributed by atoms with Crippen LogP contribution in [0.5, 0.6) is 0 Å². The third-order valence-corrected chi connectivity index (χ3v) is 6.67. The van der Waals surface area contributed by atoms with Gasteiger partial charge >= 0.3 is 5.97 Å². The summed E-state index contributed by atoms with van der Waals surface area (Å²) in [6.45, 7) is 3.95. The van der Waals surface area contributed by atoms with Gasteiger partial charge in [0.1, 0.15) is 0 Å². The van der Waals surface area contributed by atoms with Gasteiger partial charge in [-0.25, -0.2) is 0 Å². The number of hydrogen-bond acceptors (Lipinski definition) is 7. The van der Waals surface area contributed by atoms with Crippen molar-refractivity contribution in [2.75, 3.05) is 38.2 Å². The van der Waals surface area contributed by atoms with Gasteiger partial charge in [-0.05, 0) is 36.1 Å². The van der Waals surface area contributed by atoms with E-state index in [9.17, 15) is 14.7 Å². The van der Waals surface area contributed by atoms with E-state index >= 15 is 0 Å². The Bertz CT molecular complexity index is 1020. The van der Waals surface area contributed by atoms with Crippen molar-refractivity contribution in [1.29, 1.82) is 0 Å². The first-order chi connectivity index (χ1) is 18.0. The van der Waals surface area contributed by atoms with Crippen LogP contribution < -0.4 is 5.32 Å². The fraction of sp³-hybridized carbons (Fsp3) is 0.500. The zero-order chi connectivity index (χ0) is 26.0. The van der Waals surface area contributed by atoms with E-state index in [1.54, 1.807) is 0 Å². The number of carboxylic acid groups (broad SMARTS) is 1. The number of rotatable bonds is 11. The number of carbonyl (C=O) groups excluding carboxylic acids is 1. The van der Waals surface area contributed by atoms with E-state index in [-0.39, 0.29) is 37.6 Å². The average molecular weight is 513 g/mol. The minimum Gasteiger partial charge on any atom is -0.481 e. The molecule has 0 saturated carbocycles. The third-order valence-electron chi connectivity index (χ3n) is 6.67. The van der Waals surface area contributed by atoms with Gasteiger partial charge in [-0.2, -0.15) is 0 Å². The van der Waals surface area contributed by atoms with Crippen molar-refractivity contribution in [3.8, 4) is 0 Å². The van der Waals surface area contributed by atoms with Gasteiger partial charge in [0.25, 0.3) is 0 Å². The summed E-state index contributed by atoms with van der Waals surface area (Å²) in [6.07, 6.45) is 1.20. The Morgan fingerprint density at radius 2 is 1.73 bits per heavy atom. The molecule has 2 aromatic rings. The summed E-state index contributed by atoms with van der Waals surface area (Å²) in [5.74, 6) is -1.00. The molecule has 4 rings (SSSR count). The molecule has 9 heteroatoms. The summed E-state index contributed by atoms with van der Waals surface area (Å²) in [6, 6.07) is 15.3. The number of ether oxygens (including phenoxy) is 3. The van der Waals surface area contributed by atoms with Gasteiger partial charge in [-0.1, -0.05) is 36.4 Å². The number of morpholine rings is 1. The lowest BCUT2D eigenvalue weighted by Gasteiger charge is -2.39. The number of nitrogens with zero attached hydrogens (tertiary/aromatic N) is 1. The van der Waals surface area contributed by atoms with Crippen LogP contribution in [0, 0.1) is 0 Å². The standard InChI is InChI=1S/C28H36N2O7/c31-19-20-8-10-21(11-9-20)25-17-24(18-30-12-14-35-15-13-30)36-28(37-25)22-4-3-5-23(16-22)29-26(32)6-1-2-7-27(33)34/h3-5,8-11,16,24-25,28,31H,1-2,6-7,12-15,17-19H2,(H,29,32)(H,33,34). The SMILES string of the molecule is O=C(O)CCCCC(=O)Nc1cccc(C2OC(CN3CCOCC3)CC(c3ccc(CO)cc3)O2)c1. The monoisotopic (exact) mass is 512 g/mol. The molecule has 37 heavy (non-hydrogen) atoms. The van der Waals surface area contributed by atoms with Gasteiger partial charge in [0.2, 0.25) is 5.91 Å². The first kappa shape index (κ1) is 27.2. The molecule has 2 fully saturated rings. The van der Waals surface area contributed by atoms with E-state index < -0.39 is 12.3 Å². The van der Waals surface area contributed by atoms with Crippen molar-refractivity contribution in [2.24, 2.45) is 0 Å². The lowest BCUT2D eigenvalue weighted by atomic mass is 9.99. The molecule has 200 valence electrons. The molecule has 2 aliphatic heterocycles. The van der Waals surface area contributed by atoms with Crippen LogP contribution in [0.25, 0.3) is 0 Å². The van der Waals surface area contributed by atoms with Crippen LogP contribution in [0.15, 0.2) is 48.5 Å². The van der Waals surface area contributed by atoms with Crippen molar-refractivity contribution in [3.63, 3.8) is 0 Å². The Hall–Kier alpha value is -2.82. The minimum atomic E-state index is -0.852. The maximum absolute atomic E-state index is 12.4. The zero-order valence-corrected chi connectivity index (χ0v) is 21.0. The number of aliphatic hydroxyl groups is 1. The van der Waals surface area contributed by atoms with Crippen molar-refractivity contribution in [1.82, 2.24) is 4.90 Å². The molecule has 0 radical (unpaired) electrons. The highest BCUT2D eigenvalue weighted by atomic mass is 16.7. The van der Waals surface area contributed by atoms with Crippen molar-refractivity contribution in [2.45, 2.75) is 57.2 Å². The molecule has 0 spiro atoms. The summed E-state index contributed by atoms with van der Waals surface area (Å²) in [7, 11) is 0. The van der Waals surface area contributed by atoms with Crippen LogP contribution in [0.1, 0.15) is 61.2 Å². The zero-order valence-electron chi connectivity index (χ0n) is 21.0. The Morgan fingerprint density at radius 3 is 2.46 bits per heavy atom. The molecule has 2 aliphatic rings. The number of amides is 1. The van der Waals surface area contributed by atoms with Gasteiger partial charge in [0, 0.05) is 50.1 Å². The minimum absolute atomic E-state index is 0.00470. The molecule has 0 aromatic heterocycles. The van der Waals surface area contributed by atoms with Gasteiger partial charge < -0.3 is 29.7 Å². The van der Waals surface area contributed by atoms with Crippen molar-refractivity contribution in [3.05, 3.63) is 65.2 Å². The summed E-state index contributed by atoms with van der Waals surface area (Å²) >= 11 is 0. The number of anilines is 1. The van der Waals surface area contributed by atoms with Gasteiger partial charge in [0.15, 0.2) is 6.29 Å². The number of aliphatic hydroxyl groups excluding tert-OH is 1. The number of carbonyl (C=O) groups is 2. The highest BCUT2D eigenvalue weighted by molar-refractivity contribution is 5.90. The van der Waals surface area contributed by atoms with Crippen molar-refractivity contribution >= 4 is 17.6 Å². The average Bonchev–Trinajstić information content (AvgIpc) is 2.91. The molecule has 3 N–H and O–H groups in total. The molecule has 3 unspecified atom stereocenters. The van der Waals surface area contributed by atoms with Crippen LogP contribution in [0.3, 0.4) is 0 Å². The Balaban J connectivity index is 1.44. The lowest BCUT2D eigenvalue weighted by Crippen LogP contribution is -2.44. The predicted molar refractivity (Wildman–Crippen MR) is 137 cm³/mol. The summed E-state index contributed by atoms with van der Waals surface area (Å²) in [5, 5.41) is 21.1. The highest BCUT2D eigenvalue weighted by Gasteiger charge is 2.33. The topological polar surface area (TPSA) is 118 Å². The van der Waals surface area contributed by atoms with Crippen molar-refractivity contribution < 1.29 is 34.0 Å². The van der Waals surface area contributed by atoms with Crippen LogP contribution >= 0.6 is 0 Å². The second-order valence-corrected chi connectivity index (χ2v) is 9.54. The second kappa shape index (κ2) is 13.6. The molecular weight excluding hydrogens is 476 g/mol. The van der Waals surface area contributed by atoms with Crippen LogP contribution in [-0.4, -0.2) is 65.9 Å². The Labute approximate surface area is 217 Å². The van der Waals surface area contributed by atoms with Crippen LogP contribution in [0.2, 0.25) is 0 Å². The van der Waals surface area contributed by atoms with E-state index in [0.717, 1.165) is 49.5 Å². The maximum atomic E-state index is 12.4. The van der Waals surface area contributed by atoms with E-state index in [0.29, 0.717) is 24.9 Å². The number of nitrogens with one attached hydrogen (secondary N) is 1. The van der Waals surface area contributed by atoms with E-state index in [1.807, 2.05) is 48.5 Å². The molecule has 3 atom stereocenters. The quantitative estimate of drug-likeness (QED) is 0.391. The van der Waals surface area contributed by atoms with E-state index in [1.165, 1.54) is 0 Å². The molecule has 1 amide bonds. The predicted octanol–water partition coefficient (Wildman–Crippen LogP) is 3.64. The Kier molecular flexibility index (Phi) is 10.0. The fourth-order valence-corrected chi connectivity index (χ4v) is 4.65. The number of benzene rings is 2. The van der Waals surface area contributed by atoms with Crippen LogP contribution in [0.4, 0.5) is 5.69 Å². The second-order valence-electron chi connectivity index (χ2n) is 9.54. The molecule has 2 saturated heterocycles. The van der Waals surface area contributed by atoms with Gasteiger partial charge in [-0.15, -0.1) is 0 Å². The van der Waals surface area contributed by atoms with Gasteiger partial charge in [0.05, 0.1) is 32.0 Å². The number of aliphatic carboxylic acids is 1. The molecular formula is C28H36N2O7. The van der Waals surface area contributed by atoms with Crippen LogP contribution in [-0.2, 0) is 30.4 Å². The maximum Gasteiger partial charge on any atom is 0.303 e. The first-order valence-corrected chi connectivity index (χ1v) is 12.9. The smallest absolute Gasteiger partial charge is 0.303 e. The molecule has 2 aromatic carbocycles. The normalized spacial score (nSPS) is 22.5. The highest BCUT2D eigenvalue weighted by Crippen LogP contribution is 2.38. The number of carboxylic acids is 1. The van der Waals surface area contributed by atoms with Gasteiger partial charge in [-0.3, -0.25) is 14.5 Å². The molecule has 0 bridgehead atoms. The van der Waals surface area contributed by atoms with E-state index in [2.05, 4.69) is 10.2 Å². The summed E-state index contributed by atoms with van der Waals surface area (Å²) < 4.78 is 18.3. The first-order valence-electron chi connectivity index (χ1n) is 12.9. The molecule has 9 nitrogen and oxygen atoms in total. The summed E-state index contributed by atoms with van der Waals surface area (Å²) in [4.78, 5) is 25.4. The van der Waals surface area contributed by atoms with E-state index in [4.69, 9.17) is 19.3 Å².